The number of hydrogen-bond acceptors (Lipinski definition) is 8. The van der Waals surface area contributed by atoms with Crippen LogP contribution in [0.1, 0.15) is 37.7 Å². The maximum Gasteiger partial charge on any atom is 0.246 e. The minimum atomic E-state index is -0.493. The third-order valence-electron chi connectivity index (χ3n) is 7.81. The number of amides is 1. The van der Waals surface area contributed by atoms with Gasteiger partial charge in [0, 0.05) is 56.9 Å². The fraction of sp³-hybridized carbons (Fsp3) is 0.583. The van der Waals surface area contributed by atoms with Crippen molar-refractivity contribution in [1.82, 2.24) is 25.2 Å². The third kappa shape index (κ3) is 3.58. The Morgan fingerprint density at radius 1 is 1.09 bits per heavy atom. The topological polar surface area (TPSA) is 89.5 Å². The number of hydrogen-bond donors (Lipinski definition) is 2. The number of piperazine rings is 1. The number of carbonyl (C=O) groups is 1. The lowest BCUT2D eigenvalue weighted by Gasteiger charge is -2.38. The van der Waals surface area contributed by atoms with Crippen LogP contribution in [0.5, 0.6) is 0 Å². The number of pyridine rings is 1. The summed E-state index contributed by atoms with van der Waals surface area (Å²) in [5.74, 6) is 2.33. The molecule has 1 atom stereocenters. The van der Waals surface area contributed by atoms with Crippen molar-refractivity contribution in [2.75, 3.05) is 54.9 Å². The van der Waals surface area contributed by atoms with Gasteiger partial charge in [0.1, 0.15) is 17.2 Å². The Balaban J connectivity index is 1.23. The molecule has 3 aliphatic heterocycles. The molecule has 1 spiro atoms. The van der Waals surface area contributed by atoms with Crippen LogP contribution in [0.15, 0.2) is 24.5 Å². The van der Waals surface area contributed by atoms with Gasteiger partial charge in [-0.3, -0.25) is 4.79 Å². The number of nitrogens with zero attached hydrogens (tertiary/aromatic N) is 6. The minimum Gasteiger partial charge on any atom is -0.368 e. The Bertz CT molecular complexity index is 1030. The molecule has 1 amide bonds. The van der Waals surface area contributed by atoms with E-state index >= 15 is 0 Å². The number of nitrogens with one attached hydrogen (secondary N) is 2. The van der Waals surface area contributed by atoms with Gasteiger partial charge in [0.2, 0.25) is 11.9 Å². The highest BCUT2D eigenvalue weighted by atomic mass is 16.2. The van der Waals surface area contributed by atoms with Crippen LogP contribution in [0.4, 0.5) is 23.3 Å². The summed E-state index contributed by atoms with van der Waals surface area (Å²) in [5.41, 5.74) is 1.72. The maximum atomic E-state index is 13.0. The van der Waals surface area contributed by atoms with E-state index in [-0.39, 0.29) is 5.91 Å². The monoisotopic (exact) mass is 448 g/mol. The highest BCUT2D eigenvalue weighted by Gasteiger charge is 2.55. The standard InChI is InChI=1S/C24H32N8O/c1-30-10-12-31(13-11-30)19-6-7-20(26-16-19)28-23-27-15-17-14-24(8-9-25-22(24)33)32(21(17)29-23)18-4-2-3-5-18/h6-7,15-16,18H,2-5,8-14H2,1H3,(H,25,33)(H,26,27,28,29). The average Bonchev–Trinajstić information content (AvgIpc) is 3.55. The summed E-state index contributed by atoms with van der Waals surface area (Å²) in [6.07, 6.45) is 10.0. The molecule has 9 nitrogen and oxygen atoms in total. The van der Waals surface area contributed by atoms with Gasteiger partial charge >= 0.3 is 0 Å². The number of rotatable bonds is 4. The van der Waals surface area contributed by atoms with Gasteiger partial charge in [-0.1, -0.05) is 12.8 Å². The first-order chi connectivity index (χ1) is 16.1. The minimum absolute atomic E-state index is 0.142. The van der Waals surface area contributed by atoms with E-state index in [1.165, 1.54) is 12.8 Å². The van der Waals surface area contributed by atoms with Crippen molar-refractivity contribution in [2.24, 2.45) is 0 Å². The smallest absolute Gasteiger partial charge is 0.246 e. The zero-order valence-corrected chi connectivity index (χ0v) is 19.3. The molecule has 2 aromatic heterocycles. The molecule has 6 rings (SSSR count). The molecule has 2 saturated heterocycles. The summed E-state index contributed by atoms with van der Waals surface area (Å²) in [6.45, 7) is 4.91. The van der Waals surface area contributed by atoms with Crippen LogP contribution in [0, 0.1) is 0 Å². The second-order valence-electron chi connectivity index (χ2n) is 9.88. The quantitative estimate of drug-likeness (QED) is 0.734. The van der Waals surface area contributed by atoms with Crippen LogP contribution < -0.4 is 20.4 Å². The number of likely N-dealkylation sites (N-methyl/N-ethyl adjacent to an activating group) is 1. The zero-order valence-electron chi connectivity index (χ0n) is 19.3. The Morgan fingerprint density at radius 2 is 1.91 bits per heavy atom. The first-order valence-corrected chi connectivity index (χ1v) is 12.2. The van der Waals surface area contributed by atoms with Crippen molar-refractivity contribution in [3.8, 4) is 0 Å². The van der Waals surface area contributed by atoms with Crippen molar-refractivity contribution in [3.05, 3.63) is 30.1 Å². The van der Waals surface area contributed by atoms with E-state index in [9.17, 15) is 4.79 Å². The van der Waals surface area contributed by atoms with Gasteiger partial charge in [0.05, 0.1) is 11.9 Å². The van der Waals surface area contributed by atoms with Gasteiger partial charge in [-0.25, -0.2) is 9.97 Å². The predicted molar refractivity (Wildman–Crippen MR) is 128 cm³/mol. The summed E-state index contributed by atoms with van der Waals surface area (Å²) < 4.78 is 0. The first-order valence-electron chi connectivity index (χ1n) is 12.2. The molecular weight excluding hydrogens is 416 g/mol. The third-order valence-corrected chi connectivity index (χ3v) is 7.81. The first kappa shape index (κ1) is 20.7. The van der Waals surface area contributed by atoms with E-state index in [0.717, 1.165) is 74.9 Å². The Labute approximate surface area is 194 Å². The molecule has 174 valence electrons. The van der Waals surface area contributed by atoms with Crippen LogP contribution >= 0.6 is 0 Å². The average molecular weight is 449 g/mol. The predicted octanol–water partition coefficient (Wildman–Crippen LogP) is 1.93. The van der Waals surface area contributed by atoms with Gasteiger partial charge < -0.3 is 25.3 Å². The maximum absolute atomic E-state index is 13.0. The van der Waals surface area contributed by atoms with E-state index in [4.69, 9.17) is 4.98 Å². The van der Waals surface area contributed by atoms with E-state index in [1.807, 2.05) is 18.5 Å². The largest absolute Gasteiger partial charge is 0.368 e. The van der Waals surface area contributed by atoms with Crippen molar-refractivity contribution in [2.45, 2.75) is 50.1 Å². The summed E-state index contributed by atoms with van der Waals surface area (Å²) in [5, 5.41) is 6.35. The lowest BCUT2D eigenvalue weighted by Crippen LogP contribution is -2.56. The molecule has 33 heavy (non-hydrogen) atoms. The summed E-state index contributed by atoms with van der Waals surface area (Å²) >= 11 is 0. The molecule has 0 radical (unpaired) electrons. The molecule has 2 aromatic rings. The van der Waals surface area contributed by atoms with Crippen LogP contribution in [0.3, 0.4) is 0 Å². The second-order valence-corrected chi connectivity index (χ2v) is 9.88. The molecule has 0 aromatic carbocycles. The lowest BCUT2D eigenvalue weighted by molar-refractivity contribution is -0.123. The van der Waals surface area contributed by atoms with Gasteiger partial charge in [-0.15, -0.1) is 0 Å². The van der Waals surface area contributed by atoms with Crippen LogP contribution in [0.25, 0.3) is 0 Å². The molecule has 1 saturated carbocycles. The molecule has 9 heteroatoms. The number of aromatic nitrogens is 3. The van der Waals surface area contributed by atoms with Crippen LogP contribution in [-0.2, 0) is 11.2 Å². The molecule has 1 unspecified atom stereocenters. The highest BCUT2D eigenvalue weighted by Crippen LogP contribution is 2.46. The number of anilines is 4. The molecular formula is C24H32N8O. The summed E-state index contributed by atoms with van der Waals surface area (Å²) in [6, 6.07) is 4.47. The van der Waals surface area contributed by atoms with Crippen molar-refractivity contribution in [1.29, 1.82) is 0 Å². The van der Waals surface area contributed by atoms with Crippen molar-refractivity contribution in [3.63, 3.8) is 0 Å². The summed E-state index contributed by atoms with van der Waals surface area (Å²) in [4.78, 5) is 34.1. The zero-order chi connectivity index (χ0) is 22.4. The second kappa shape index (κ2) is 8.13. The van der Waals surface area contributed by atoms with E-state index in [0.29, 0.717) is 18.4 Å². The Hall–Kier alpha value is -2.94. The lowest BCUT2D eigenvalue weighted by atomic mass is 9.91. The number of carbonyl (C=O) groups excluding carboxylic acids is 1. The molecule has 0 bridgehead atoms. The van der Waals surface area contributed by atoms with Crippen LogP contribution in [0.2, 0.25) is 0 Å². The molecule has 4 aliphatic rings. The Morgan fingerprint density at radius 3 is 2.61 bits per heavy atom. The summed E-state index contributed by atoms with van der Waals surface area (Å²) in [7, 11) is 2.16. The molecule has 2 N–H and O–H groups in total. The SMILES string of the molecule is CN1CCN(c2ccc(Nc3ncc4c(n3)N(C3CCCC3)C3(CCNC3=O)C4)nc2)CC1. The van der Waals surface area contributed by atoms with E-state index in [1.54, 1.807) is 0 Å². The van der Waals surface area contributed by atoms with Crippen molar-refractivity contribution < 1.29 is 4.79 Å². The van der Waals surface area contributed by atoms with Gasteiger partial charge in [-0.05, 0) is 38.4 Å². The molecule has 5 heterocycles. The normalized spacial score (nSPS) is 25.7. The van der Waals surface area contributed by atoms with Gasteiger partial charge in [-0.2, -0.15) is 4.98 Å². The van der Waals surface area contributed by atoms with Gasteiger partial charge in [0.25, 0.3) is 0 Å². The van der Waals surface area contributed by atoms with E-state index < -0.39 is 5.54 Å². The van der Waals surface area contributed by atoms with Crippen LogP contribution in [-0.4, -0.2) is 77.1 Å². The van der Waals surface area contributed by atoms with E-state index in [2.05, 4.69) is 48.4 Å². The Kier molecular flexibility index (Phi) is 5.09. The fourth-order valence-corrected chi connectivity index (χ4v) is 5.96. The van der Waals surface area contributed by atoms with Gasteiger partial charge in [0.15, 0.2) is 0 Å². The molecule has 1 aliphatic carbocycles. The fourth-order valence-electron chi connectivity index (χ4n) is 5.96. The number of fused-ring (bicyclic) bond motifs is 1. The highest BCUT2D eigenvalue weighted by molar-refractivity contribution is 5.94. The molecule has 3 fully saturated rings. The van der Waals surface area contributed by atoms with Crippen molar-refractivity contribution >= 4 is 29.2 Å².